The van der Waals surface area contributed by atoms with Crippen molar-refractivity contribution in [2.75, 3.05) is 0 Å². The normalized spacial score (nSPS) is 16.8. The van der Waals surface area contributed by atoms with Crippen LogP contribution in [0.5, 0.6) is 0 Å². The van der Waals surface area contributed by atoms with Gasteiger partial charge in [-0.05, 0) is 37.2 Å². The maximum atomic E-state index is 3.89. The number of hydrogen-bond acceptors (Lipinski definition) is 1. The first-order valence-corrected chi connectivity index (χ1v) is 7.32. The molecule has 0 unspecified atom stereocenters. The molecule has 0 aliphatic carbocycles. The number of hydrogen-bond donors (Lipinski definition) is 1. The Morgan fingerprint density at radius 1 is 1.21 bits per heavy atom. The Balaban J connectivity index is 0.000000191. The van der Waals surface area contributed by atoms with Gasteiger partial charge in [0.1, 0.15) is 0 Å². The molecule has 19 heavy (non-hydrogen) atoms. The standard InChI is InChI=1S/C9H15N.C9H12/c1-3-5-9-7-4-6-8(2)10-9;1-8(2)9-6-4-3-5-7-9/h5,10H,2-4,6-7H2,1H3;3-8H,1-2H3/b9-5+;. The Morgan fingerprint density at radius 2 is 1.89 bits per heavy atom. The van der Waals surface area contributed by atoms with Gasteiger partial charge in [0.2, 0.25) is 0 Å². The fraction of sp³-hybridized carbons (Fsp3) is 0.444. The molecule has 1 N–H and O–H groups in total. The number of nitrogens with one attached hydrogen (secondary N) is 1. The summed E-state index contributed by atoms with van der Waals surface area (Å²) in [5.74, 6) is 0.659. The summed E-state index contributed by atoms with van der Waals surface area (Å²) in [4.78, 5) is 0. The second-order valence-electron chi connectivity index (χ2n) is 5.29. The summed E-state index contributed by atoms with van der Waals surface area (Å²) in [6.07, 6.45) is 6.96. The summed E-state index contributed by atoms with van der Waals surface area (Å²) in [6.45, 7) is 10.5. The van der Waals surface area contributed by atoms with E-state index in [1.807, 2.05) is 6.07 Å². The van der Waals surface area contributed by atoms with Gasteiger partial charge in [-0.2, -0.15) is 0 Å². The van der Waals surface area contributed by atoms with E-state index in [0.29, 0.717) is 5.92 Å². The topological polar surface area (TPSA) is 12.0 Å². The van der Waals surface area contributed by atoms with Crippen molar-refractivity contribution in [3.05, 3.63) is 59.9 Å². The third-order valence-corrected chi connectivity index (χ3v) is 3.18. The molecule has 1 saturated heterocycles. The lowest BCUT2D eigenvalue weighted by Gasteiger charge is -2.18. The minimum absolute atomic E-state index is 0.659. The highest BCUT2D eigenvalue weighted by Crippen LogP contribution is 2.16. The third-order valence-electron chi connectivity index (χ3n) is 3.18. The molecule has 1 nitrogen and oxygen atoms in total. The molecule has 0 spiro atoms. The van der Waals surface area contributed by atoms with Crippen LogP contribution in [0.15, 0.2) is 54.4 Å². The highest BCUT2D eigenvalue weighted by Gasteiger charge is 2.05. The quantitative estimate of drug-likeness (QED) is 0.750. The first-order chi connectivity index (χ1) is 9.13. The largest absolute Gasteiger partial charge is 0.363 e. The van der Waals surface area contributed by atoms with Crippen LogP contribution in [0.1, 0.15) is 57.9 Å². The summed E-state index contributed by atoms with van der Waals surface area (Å²) in [6, 6.07) is 10.5. The number of piperidine rings is 1. The minimum Gasteiger partial charge on any atom is -0.363 e. The smallest absolute Gasteiger partial charge is 0.0108 e. The van der Waals surface area contributed by atoms with Crippen LogP contribution < -0.4 is 5.32 Å². The SMILES string of the molecule is C=C1CCC/C(=C\CC)N1.CC(C)c1ccccc1. The summed E-state index contributed by atoms with van der Waals surface area (Å²) in [7, 11) is 0. The summed E-state index contributed by atoms with van der Waals surface area (Å²) >= 11 is 0. The number of benzene rings is 1. The van der Waals surface area contributed by atoms with E-state index in [9.17, 15) is 0 Å². The van der Waals surface area contributed by atoms with Crippen molar-refractivity contribution in [2.24, 2.45) is 0 Å². The van der Waals surface area contributed by atoms with Gasteiger partial charge in [0.25, 0.3) is 0 Å². The van der Waals surface area contributed by atoms with Crippen molar-refractivity contribution in [3.63, 3.8) is 0 Å². The zero-order valence-corrected chi connectivity index (χ0v) is 12.6. The molecular weight excluding hydrogens is 230 g/mol. The van der Waals surface area contributed by atoms with E-state index >= 15 is 0 Å². The van der Waals surface area contributed by atoms with Crippen LogP contribution in [0.4, 0.5) is 0 Å². The van der Waals surface area contributed by atoms with Crippen molar-refractivity contribution in [3.8, 4) is 0 Å². The Bertz CT molecular complexity index is 401. The Labute approximate surface area is 118 Å². The molecular formula is C18H27N. The fourth-order valence-corrected chi connectivity index (χ4v) is 2.08. The van der Waals surface area contributed by atoms with E-state index in [1.165, 1.54) is 29.8 Å². The fourth-order valence-electron chi connectivity index (χ4n) is 2.08. The Hall–Kier alpha value is -1.50. The second-order valence-corrected chi connectivity index (χ2v) is 5.29. The molecule has 0 bridgehead atoms. The van der Waals surface area contributed by atoms with Crippen molar-refractivity contribution < 1.29 is 0 Å². The van der Waals surface area contributed by atoms with Gasteiger partial charge in [0.05, 0.1) is 0 Å². The van der Waals surface area contributed by atoms with Gasteiger partial charge in [-0.1, -0.05) is 63.8 Å². The molecule has 0 radical (unpaired) electrons. The lowest BCUT2D eigenvalue weighted by molar-refractivity contribution is 0.662. The summed E-state index contributed by atoms with van der Waals surface area (Å²) < 4.78 is 0. The van der Waals surface area contributed by atoms with Crippen molar-refractivity contribution in [1.82, 2.24) is 5.32 Å². The molecule has 1 heterocycles. The first-order valence-electron chi connectivity index (χ1n) is 7.32. The molecule has 1 fully saturated rings. The zero-order valence-electron chi connectivity index (χ0n) is 12.6. The average Bonchev–Trinajstić information content (AvgIpc) is 2.41. The van der Waals surface area contributed by atoms with E-state index in [0.717, 1.165) is 12.8 Å². The van der Waals surface area contributed by atoms with Crippen LogP contribution in [0.25, 0.3) is 0 Å². The van der Waals surface area contributed by atoms with Crippen molar-refractivity contribution in [2.45, 2.75) is 52.4 Å². The third kappa shape index (κ3) is 6.28. The molecule has 1 aliphatic heterocycles. The molecule has 2 rings (SSSR count). The Kier molecular flexibility index (Phi) is 7.02. The van der Waals surface area contributed by atoms with Gasteiger partial charge in [-0.25, -0.2) is 0 Å². The molecule has 0 atom stereocenters. The summed E-state index contributed by atoms with van der Waals surface area (Å²) in [5, 5.41) is 3.28. The molecule has 1 aliphatic rings. The number of rotatable bonds is 2. The maximum Gasteiger partial charge on any atom is 0.0108 e. The van der Waals surface area contributed by atoms with Crippen LogP contribution in [0.2, 0.25) is 0 Å². The van der Waals surface area contributed by atoms with Gasteiger partial charge in [0, 0.05) is 11.4 Å². The Morgan fingerprint density at radius 3 is 2.37 bits per heavy atom. The zero-order chi connectivity index (χ0) is 14.1. The van der Waals surface area contributed by atoms with Gasteiger partial charge in [-0.3, -0.25) is 0 Å². The average molecular weight is 257 g/mol. The van der Waals surface area contributed by atoms with Crippen LogP contribution in [0.3, 0.4) is 0 Å². The lowest BCUT2D eigenvalue weighted by Crippen LogP contribution is -2.16. The molecule has 104 valence electrons. The second kappa shape index (κ2) is 8.58. The lowest BCUT2D eigenvalue weighted by atomic mass is 10.0. The van der Waals surface area contributed by atoms with Crippen LogP contribution in [0, 0.1) is 0 Å². The molecule has 0 amide bonds. The van der Waals surface area contributed by atoms with Gasteiger partial charge in [-0.15, -0.1) is 0 Å². The van der Waals surface area contributed by atoms with Gasteiger partial charge < -0.3 is 5.32 Å². The first kappa shape index (κ1) is 15.6. The molecule has 1 aromatic rings. The molecule has 1 aromatic carbocycles. The van der Waals surface area contributed by atoms with Crippen LogP contribution in [-0.4, -0.2) is 0 Å². The predicted molar refractivity (Wildman–Crippen MR) is 85.0 cm³/mol. The molecule has 0 aromatic heterocycles. The van der Waals surface area contributed by atoms with E-state index in [4.69, 9.17) is 0 Å². The molecule has 0 saturated carbocycles. The van der Waals surface area contributed by atoms with Gasteiger partial charge >= 0.3 is 0 Å². The van der Waals surface area contributed by atoms with Crippen molar-refractivity contribution >= 4 is 0 Å². The molecule has 1 heteroatoms. The predicted octanol–water partition coefficient (Wildman–Crippen LogP) is 5.38. The van der Waals surface area contributed by atoms with Crippen LogP contribution >= 0.6 is 0 Å². The van der Waals surface area contributed by atoms with Crippen molar-refractivity contribution in [1.29, 1.82) is 0 Å². The van der Waals surface area contributed by atoms with Crippen LogP contribution in [-0.2, 0) is 0 Å². The van der Waals surface area contributed by atoms with E-state index in [1.54, 1.807) is 0 Å². The van der Waals surface area contributed by atoms with Gasteiger partial charge in [0.15, 0.2) is 0 Å². The van der Waals surface area contributed by atoms with E-state index in [-0.39, 0.29) is 0 Å². The van der Waals surface area contributed by atoms with E-state index in [2.05, 4.69) is 63.0 Å². The highest BCUT2D eigenvalue weighted by molar-refractivity contribution is 5.17. The maximum absolute atomic E-state index is 3.89. The minimum atomic E-state index is 0.659. The highest BCUT2D eigenvalue weighted by atomic mass is 14.9. The monoisotopic (exact) mass is 257 g/mol. The summed E-state index contributed by atoms with van der Waals surface area (Å²) in [5.41, 5.74) is 3.95. The number of allylic oxidation sites excluding steroid dienone is 3. The van der Waals surface area contributed by atoms with E-state index < -0.39 is 0 Å².